The van der Waals surface area contributed by atoms with Crippen LogP contribution in [0.5, 0.6) is 0 Å². The molecule has 2 N–H and O–H groups in total. The Morgan fingerprint density at radius 3 is 3.00 bits per heavy atom. The highest BCUT2D eigenvalue weighted by Crippen LogP contribution is 2.15. The van der Waals surface area contributed by atoms with Crippen molar-refractivity contribution in [3.05, 3.63) is 30.1 Å². The van der Waals surface area contributed by atoms with Crippen LogP contribution in [-0.4, -0.2) is 61.6 Å². The van der Waals surface area contributed by atoms with Crippen molar-refractivity contribution < 1.29 is 9.47 Å². The predicted octanol–water partition coefficient (Wildman–Crippen LogP) is 2.10. The van der Waals surface area contributed by atoms with Gasteiger partial charge in [-0.15, -0.1) is 0 Å². The molecule has 1 unspecified atom stereocenters. The predicted molar refractivity (Wildman–Crippen MR) is 108 cm³/mol. The van der Waals surface area contributed by atoms with Crippen LogP contribution < -0.4 is 10.6 Å². The first-order valence-corrected chi connectivity index (χ1v) is 9.83. The van der Waals surface area contributed by atoms with Gasteiger partial charge in [-0.1, -0.05) is 12.1 Å². The third-order valence-corrected chi connectivity index (χ3v) is 4.79. The second-order valence-corrected chi connectivity index (χ2v) is 6.79. The number of aryl methyl sites for hydroxylation is 2. The molecule has 148 valence electrons. The number of hydrogen-bond donors (Lipinski definition) is 2. The summed E-state index contributed by atoms with van der Waals surface area (Å²) in [6.07, 6.45) is 3.54. The number of nitrogens with zero attached hydrogens (tertiary/aromatic N) is 3. The highest BCUT2D eigenvalue weighted by Gasteiger charge is 2.14. The Hall–Kier alpha value is -2.12. The van der Waals surface area contributed by atoms with E-state index < -0.39 is 0 Å². The zero-order chi connectivity index (χ0) is 18.9. The number of imidazole rings is 1. The van der Waals surface area contributed by atoms with Crippen molar-refractivity contribution in [3.8, 4) is 0 Å². The standard InChI is InChI=1S/C20H31N5O2/c1-16-24-18-8-3-4-9-19(18)25(16)12-6-10-22-20(21-2)23-11-14-26-15-17-7-5-13-27-17/h3-4,8-9,17H,5-7,10-15H2,1-2H3,(H2,21,22,23). The minimum Gasteiger partial charge on any atom is -0.377 e. The Kier molecular flexibility index (Phi) is 7.47. The molecule has 1 atom stereocenters. The molecule has 27 heavy (non-hydrogen) atoms. The maximum absolute atomic E-state index is 5.66. The third-order valence-electron chi connectivity index (χ3n) is 4.79. The van der Waals surface area contributed by atoms with Gasteiger partial charge in [-0.2, -0.15) is 0 Å². The van der Waals surface area contributed by atoms with Gasteiger partial charge in [-0.25, -0.2) is 4.98 Å². The molecule has 7 nitrogen and oxygen atoms in total. The largest absolute Gasteiger partial charge is 0.377 e. The molecule has 7 heteroatoms. The molecular weight excluding hydrogens is 342 g/mol. The maximum Gasteiger partial charge on any atom is 0.191 e. The van der Waals surface area contributed by atoms with Crippen LogP contribution in [0.2, 0.25) is 0 Å². The van der Waals surface area contributed by atoms with Gasteiger partial charge in [0, 0.05) is 33.3 Å². The number of fused-ring (bicyclic) bond motifs is 1. The summed E-state index contributed by atoms with van der Waals surface area (Å²) >= 11 is 0. The Labute approximate surface area is 161 Å². The fourth-order valence-electron chi connectivity index (χ4n) is 3.37. The van der Waals surface area contributed by atoms with Gasteiger partial charge in [-0.05, 0) is 38.3 Å². The van der Waals surface area contributed by atoms with Crippen LogP contribution in [0.3, 0.4) is 0 Å². The second-order valence-electron chi connectivity index (χ2n) is 6.79. The van der Waals surface area contributed by atoms with E-state index >= 15 is 0 Å². The minimum absolute atomic E-state index is 0.283. The van der Waals surface area contributed by atoms with Crippen LogP contribution in [0, 0.1) is 6.92 Å². The first-order valence-electron chi connectivity index (χ1n) is 9.83. The van der Waals surface area contributed by atoms with Gasteiger partial charge < -0.3 is 24.7 Å². The maximum atomic E-state index is 5.66. The van der Waals surface area contributed by atoms with E-state index in [0.717, 1.165) is 62.8 Å². The van der Waals surface area contributed by atoms with Gasteiger partial charge in [0.1, 0.15) is 5.82 Å². The molecule has 1 aromatic heterocycles. The number of benzene rings is 1. The molecule has 0 radical (unpaired) electrons. The van der Waals surface area contributed by atoms with Crippen molar-refractivity contribution in [3.63, 3.8) is 0 Å². The molecule has 0 amide bonds. The van der Waals surface area contributed by atoms with Gasteiger partial charge in [-0.3, -0.25) is 4.99 Å². The Balaban J connectivity index is 1.31. The summed E-state index contributed by atoms with van der Waals surface area (Å²) in [7, 11) is 1.79. The zero-order valence-corrected chi connectivity index (χ0v) is 16.4. The van der Waals surface area contributed by atoms with E-state index in [2.05, 4.69) is 50.3 Å². The average molecular weight is 374 g/mol. The molecule has 0 saturated carbocycles. The molecule has 0 bridgehead atoms. The number of para-hydroxylation sites is 2. The second kappa shape index (κ2) is 10.3. The molecule has 3 rings (SSSR count). The molecule has 1 aliphatic rings. The summed E-state index contributed by atoms with van der Waals surface area (Å²) in [4.78, 5) is 8.87. The average Bonchev–Trinajstić information content (AvgIpc) is 3.30. The molecule has 2 heterocycles. The SMILES string of the molecule is CN=C(NCCCn1c(C)nc2ccccc21)NCCOCC1CCCO1. The Morgan fingerprint density at radius 2 is 2.19 bits per heavy atom. The quantitative estimate of drug-likeness (QED) is 0.400. The molecule has 1 fully saturated rings. The fourth-order valence-corrected chi connectivity index (χ4v) is 3.37. The smallest absolute Gasteiger partial charge is 0.191 e. The number of hydrogen-bond acceptors (Lipinski definition) is 4. The number of aromatic nitrogens is 2. The van der Waals surface area contributed by atoms with Crippen LogP contribution in [0.15, 0.2) is 29.3 Å². The van der Waals surface area contributed by atoms with Crippen LogP contribution in [0.25, 0.3) is 11.0 Å². The van der Waals surface area contributed by atoms with E-state index in [9.17, 15) is 0 Å². The number of ether oxygens (including phenoxy) is 2. The highest BCUT2D eigenvalue weighted by molar-refractivity contribution is 5.79. The summed E-state index contributed by atoms with van der Waals surface area (Å²) in [5.41, 5.74) is 2.25. The summed E-state index contributed by atoms with van der Waals surface area (Å²) in [6, 6.07) is 8.27. The summed E-state index contributed by atoms with van der Waals surface area (Å²) in [5.74, 6) is 1.87. The molecule has 1 aromatic carbocycles. The van der Waals surface area contributed by atoms with E-state index in [4.69, 9.17) is 9.47 Å². The molecular formula is C20H31N5O2. The third kappa shape index (κ3) is 5.68. The number of nitrogens with one attached hydrogen (secondary N) is 2. The molecule has 0 spiro atoms. The first kappa shape index (κ1) is 19.6. The summed E-state index contributed by atoms with van der Waals surface area (Å²) in [6.45, 7) is 6.79. The van der Waals surface area contributed by atoms with Crippen molar-refractivity contribution in [1.29, 1.82) is 0 Å². The van der Waals surface area contributed by atoms with Crippen LogP contribution >= 0.6 is 0 Å². The van der Waals surface area contributed by atoms with Gasteiger partial charge in [0.25, 0.3) is 0 Å². The lowest BCUT2D eigenvalue weighted by Gasteiger charge is -2.14. The van der Waals surface area contributed by atoms with Crippen molar-refractivity contribution in [2.75, 3.05) is 40.0 Å². The van der Waals surface area contributed by atoms with Crippen molar-refractivity contribution in [2.45, 2.75) is 38.8 Å². The molecule has 1 aliphatic heterocycles. The highest BCUT2D eigenvalue weighted by atomic mass is 16.5. The number of aliphatic imine (C=N–C) groups is 1. The van der Waals surface area contributed by atoms with Gasteiger partial charge >= 0.3 is 0 Å². The lowest BCUT2D eigenvalue weighted by atomic mass is 10.2. The van der Waals surface area contributed by atoms with Gasteiger partial charge in [0.2, 0.25) is 0 Å². The van der Waals surface area contributed by atoms with Crippen molar-refractivity contribution in [2.24, 2.45) is 4.99 Å². The van der Waals surface area contributed by atoms with E-state index in [0.29, 0.717) is 13.2 Å². The minimum atomic E-state index is 0.283. The zero-order valence-electron chi connectivity index (χ0n) is 16.4. The van der Waals surface area contributed by atoms with E-state index in [-0.39, 0.29) is 6.10 Å². The molecule has 2 aromatic rings. The summed E-state index contributed by atoms with van der Waals surface area (Å²) in [5, 5.41) is 6.64. The van der Waals surface area contributed by atoms with E-state index in [1.165, 1.54) is 5.52 Å². The van der Waals surface area contributed by atoms with Crippen LogP contribution in [-0.2, 0) is 16.0 Å². The van der Waals surface area contributed by atoms with Crippen LogP contribution in [0.1, 0.15) is 25.1 Å². The van der Waals surface area contributed by atoms with Crippen LogP contribution in [0.4, 0.5) is 0 Å². The molecule has 1 saturated heterocycles. The topological polar surface area (TPSA) is 72.7 Å². The van der Waals surface area contributed by atoms with E-state index in [1.807, 2.05) is 6.07 Å². The Bertz CT molecular complexity index is 737. The van der Waals surface area contributed by atoms with Gasteiger partial charge in [0.15, 0.2) is 5.96 Å². The summed E-state index contributed by atoms with van der Waals surface area (Å²) < 4.78 is 13.5. The van der Waals surface area contributed by atoms with Crippen molar-refractivity contribution >= 4 is 17.0 Å². The van der Waals surface area contributed by atoms with E-state index in [1.54, 1.807) is 7.05 Å². The number of guanidine groups is 1. The number of rotatable bonds is 9. The lowest BCUT2D eigenvalue weighted by Crippen LogP contribution is -2.39. The van der Waals surface area contributed by atoms with Crippen molar-refractivity contribution in [1.82, 2.24) is 20.2 Å². The lowest BCUT2D eigenvalue weighted by molar-refractivity contribution is 0.0191. The monoisotopic (exact) mass is 373 g/mol. The van der Waals surface area contributed by atoms with Gasteiger partial charge in [0.05, 0.1) is 30.4 Å². The Morgan fingerprint density at radius 1 is 1.33 bits per heavy atom. The molecule has 0 aliphatic carbocycles. The normalized spacial score (nSPS) is 17.6. The fraction of sp³-hybridized carbons (Fsp3) is 0.600. The first-order chi connectivity index (χ1) is 13.3.